The van der Waals surface area contributed by atoms with E-state index in [2.05, 4.69) is 10.3 Å². The zero-order valence-electron chi connectivity index (χ0n) is 14.7. The van der Waals surface area contributed by atoms with E-state index >= 15 is 0 Å². The largest absolute Gasteiger partial charge is 0.466 e. The number of halogens is 2. The first-order valence-corrected chi connectivity index (χ1v) is 8.99. The first kappa shape index (κ1) is 19.5. The second kappa shape index (κ2) is 9.61. The van der Waals surface area contributed by atoms with Gasteiger partial charge in [0.2, 0.25) is 0 Å². The normalized spacial score (nSPS) is 18.2. The summed E-state index contributed by atoms with van der Waals surface area (Å²) >= 11 is 6.05. The average Bonchev–Trinajstić information content (AvgIpc) is 2.61. The molecule has 1 aliphatic rings. The second-order valence-electron chi connectivity index (χ2n) is 5.96. The predicted octanol–water partition coefficient (Wildman–Crippen LogP) is 2.87. The SMILES string of the molecule is CCOC(=O)C1CCCN(C(=NC)NCCc2c(F)cccc2Cl)C1. The van der Waals surface area contributed by atoms with Gasteiger partial charge in [0.15, 0.2) is 5.96 Å². The molecule has 138 valence electrons. The summed E-state index contributed by atoms with van der Waals surface area (Å²) in [7, 11) is 1.70. The summed E-state index contributed by atoms with van der Waals surface area (Å²) in [6.07, 6.45) is 2.19. The van der Waals surface area contributed by atoms with Crippen molar-refractivity contribution in [3.05, 3.63) is 34.6 Å². The van der Waals surface area contributed by atoms with E-state index < -0.39 is 0 Å². The third-order valence-corrected chi connectivity index (χ3v) is 4.63. The average molecular weight is 370 g/mol. The molecule has 0 spiro atoms. The molecule has 7 heteroatoms. The summed E-state index contributed by atoms with van der Waals surface area (Å²) in [6, 6.07) is 4.69. The highest BCUT2D eigenvalue weighted by atomic mass is 35.5. The van der Waals surface area contributed by atoms with Gasteiger partial charge >= 0.3 is 5.97 Å². The van der Waals surface area contributed by atoms with Gasteiger partial charge in [0.25, 0.3) is 0 Å². The quantitative estimate of drug-likeness (QED) is 0.492. The summed E-state index contributed by atoms with van der Waals surface area (Å²) in [5, 5.41) is 3.66. The Kier molecular flexibility index (Phi) is 7.50. The molecule has 0 aliphatic carbocycles. The highest BCUT2D eigenvalue weighted by Gasteiger charge is 2.28. The molecule has 1 heterocycles. The van der Waals surface area contributed by atoms with Crippen molar-refractivity contribution in [3.63, 3.8) is 0 Å². The Morgan fingerprint density at radius 2 is 2.32 bits per heavy atom. The van der Waals surface area contributed by atoms with Crippen LogP contribution in [0.1, 0.15) is 25.3 Å². The van der Waals surface area contributed by atoms with Gasteiger partial charge in [-0.1, -0.05) is 17.7 Å². The Hall–Kier alpha value is -1.82. The van der Waals surface area contributed by atoms with E-state index in [1.165, 1.54) is 6.07 Å². The van der Waals surface area contributed by atoms with Gasteiger partial charge in [-0.05, 0) is 38.3 Å². The molecule has 0 amide bonds. The van der Waals surface area contributed by atoms with E-state index in [1.807, 2.05) is 11.8 Å². The Balaban J connectivity index is 1.90. The van der Waals surface area contributed by atoms with Gasteiger partial charge in [-0.2, -0.15) is 0 Å². The molecule has 1 unspecified atom stereocenters. The van der Waals surface area contributed by atoms with Crippen molar-refractivity contribution in [1.82, 2.24) is 10.2 Å². The lowest BCUT2D eigenvalue weighted by atomic mass is 9.98. The maximum absolute atomic E-state index is 13.8. The van der Waals surface area contributed by atoms with Gasteiger partial charge < -0.3 is 15.0 Å². The molecule has 0 aromatic heterocycles. The van der Waals surface area contributed by atoms with Crippen LogP contribution in [-0.4, -0.2) is 50.1 Å². The summed E-state index contributed by atoms with van der Waals surface area (Å²) < 4.78 is 18.9. The van der Waals surface area contributed by atoms with Crippen LogP contribution in [-0.2, 0) is 16.0 Å². The van der Waals surface area contributed by atoms with Crippen molar-refractivity contribution in [2.45, 2.75) is 26.2 Å². The maximum Gasteiger partial charge on any atom is 0.310 e. The Labute approximate surface area is 153 Å². The van der Waals surface area contributed by atoms with Crippen LogP contribution in [0.25, 0.3) is 0 Å². The molecular formula is C18H25ClFN3O2. The molecule has 0 bridgehead atoms. The van der Waals surface area contributed by atoms with Gasteiger partial charge in [0, 0.05) is 37.3 Å². The number of likely N-dealkylation sites (tertiary alicyclic amines) is 1. The van der Waals surface area contributed by atoms with Crippen molar-refractivity contribution in [1.29, 1.82) is 0 Å². The number of carbonyl (C=O) groups excluding carboxylic acids is 1. The first-order valence-electron chi connectivity index (χ1n) is 8.62. The van der Waals surface area contributed by atoms with Crippen LogP contribution in [0.4, 0.5) is 4.39 Å². The number of aliphatic imine (C=N–C) groups is 1. The molecular weight excluding hydrogens is 345 g/mol. The van der Waals surface area contributed by atoms with E-state index in [1.54, 1.807) is 19.2 Å². The summed E-state index contributed by atoms with van der Waals surface area (Å²) in [5.41, 5.74) is 0.496. The Morgan fingerprint density at radius 3 is 3.00 bits per heavy atom. The smallest absolute Gasteiger partial charge is 0.310 e. The number of ether oxygens (including phenoxy) is 1. The highest BCUT2D eigenvalue weighted by Crippen LogP contribution is 2.20. The zero-order valence-corrected chi connectivity index (χ0v) is 15.5. The Morgan fingerprint density at radius 1 is 1.52 bits per heavy atom. The molecule has 1 N–H and O–H groups in total. The fourth-order valence-electron chi connectivity index (χ4n) is 3.02. The number of rotatable bonds is 5. The topological polar surface area (TPSA) is 53.9 Å². The standard InChI is InChI=1S/C18H25ClFN3O2/c1-3-25-17(24)13-6-5-11-23(12-13)18(21-2)22-10-9-14-15(19)7-4-8-16(14)20/h4,7-8,13H,3,5-6,9-12H2,1-2H3,(H,21,22). The molecule has 1 atom stereocenters. The summed E-state index contributed by atoms with van der Waals surface area (Å²) in [5.74, 6) is 0.125. The van der Waals surface area contributed by atoms with Gasteiger partial charge in [-0.3, -0.25) is 9.79 Å². The summed E-state index contributed by atoms with van der Waals surface area (Å²) in [4.78, 5) is 18.3. The maximum atomic E-state index is 13.8. The van der Waals surface area contributed by atoms with Crippen LogP contribution >= 0.6 is 11.6 Å². The van der Waals surface area contributed by atoms with E-state index in [9.17, 15) is 9.18 Å². The number of nitrogens with zero attached hydrogens (tertiary/aromatic N) is 2. The number of esters is 1. The molecule has 2 rings (SSSR count). The summed E-state index contributed by atoms with van der Waals surface area (Å²) in [6.45, 7) is 4.13. The van der Waals surface area contributed by atoms with Crippen molar-refractivity contribution >= 4 is 23.5 Å². The van der Waals surface area contributed by atoms with Gasteiger partial charge in [-0.15, -0.1) is 0 Å². The third-order valence-electron chi connectivity index (χ3n) is 4.27. The van der Waals surface area contributed by atoms with Crippen molar-refractivity contribution in [2.24, 2.45) is 10.9 Å². The number of carbonyl (C=O) groups is 1. The first-order chi connectivity index (χ1) is 12.1. The molecule has 1 aromatic rings. The fourth-order valence-corrected chi connectivity index (χ4v) is 3.28. The van der Waals surface area contributed by atoms with Crippen LogP contribution in [0.15, 0.2) is 23.2 Å². The van der Waals surface area contributed by atoms with Crippen molar-refractivity contribution in [3.8, 4) is 0 Å². The minimum Gasteiger partial charge on any atom is -0.466 e. The molecule has 1 aromatic carbocycles. The second-order valence-corrected chi connectivity index (χ2v) is 6.37. The lowest BCUT2D eigenvalue weighted by molar-refractivity contribution is -0.149. The van der Waals surface area contributed by atoms with E-state index in [-0.39, 0.29) is 17.7 Å². The van der Waals surface area contributed by atoms with Crippen LogP contribution in [0, 0.1) is 11.7 Å². The molecule has 5 nitrogen and oxygen atoms in total. The molecule has 1 saturated heterocycles. The number of piperidine rings is 1. The van der Waals surface area contributed by atoms with Crippen LogP contribution in [0.2, 0.25) is 5.02 Å². The van der Waals surface area contributed by atoms with Crippen molar-refractivity contribution in [2.75, 3.05) is 33.3 Å². The Bertz CT molecular complexity index is 604. The zero-order chi connectivity index (χ0) is 18.2. The number of nitrogens with one attached hydrogen (secondary N) is 1. The van der Waals surface area contributed by atoms with Gasteiger partial charge in [0.05, 0.1) is 12.5 Å². The monoisotopic (exact) mass is 369 g/mol. The van der Waals surface area contributed by atoms with Crippen LogP contribution in [0.5, 0.6) is 0 Å². The molecule has 25 heavy (non-hydrogen) atoms. The van der Waals surface area contributed by atoms with E-state index in [0.717, 1.165) is 19.4 Å². The van der Waals surface area contributed by atoms with Gasteiger partial charge in [-0.25, -0.2) is 4.39 Å². The molecule has 1 fully saturated rings. The number of benzene rings is 1. The fraction of sp³-hybridized carbons (Fsp3) is 0.556. The minimum absolute atomic E-state index is 0.131. The predicted molar refractivity (Wildman–Crippen MR) is 97.4 cm³/mol. The van der Waals surface area contributed by atoms with E-state index in [0.29, 0.717) is 42.7 Å². The van der Waals surface area contributed by atoms with E-state index in [4.69, 9.17) is 16.3 Å². The minimum atomic E-state index is -0.301. The lowest BCUT2D eigenvalue weighted by Crippen LogP contribution is -2.48. The molecule has 1 aliphatic heterocycles. The van der Waals surface area contributed by atoms with Crippen molar-refractivity contribution < 1.29 is 13.9 Å². The molecule has 0 radical (unpaired) electrons. The van der Waals surface area contributed by atoms with Gasteiger partial charge in [0.1, 0.15) is 5.82 Å². The van der Waals surface area contributed by atoms with Crippen LogP contribution in [0.3, 0.4) is 0 Å². The number of hydrogen-bond donors (Lipinski definition) is 1. The third kappa shape index (κ3) is 5.33. The number of guanidine groups is 1. The van der Waals surface area contributed by atoms with Crippen LogP contribution < -0.4 is 5.32 Å². The molecule has 0 saturated carbocycles. The number of hydrogen-bond acceptors (Lipinski definition) is 3. The lowest BCUT2D eigenvalue weighted by Gasteiger charge is -2.34. The highest BCUT2D eigenvalue weighted by molar-refractivity contribution is 6.31.